The molecule has 1 fully saturated rings. The molecule has 2 unspecified atom stereocenters. The maximum absolute atomic E-state index is 14.0. The smallest absolute Gasteiger partial charge is 0.219 e. The Morgan fingerprint density at radius 2 is 2.00 bits per heavy atom. The van der Waals surface area contributed by atoms with Crippen LogP contribution >= 0.6 is 0 Å². The van der Waals surface area contributed by atoms with Crippen LogP contribution in [0, 0.1) is 17.5 Å². The first-order chi connectivity index (χ1) is 18.7. The van der Waals surface area contributed by atoms with Gasteiger partial charge >= 0.3 is 0 Å². The minimum absolute atomic E-state index is 0.111. The summed E-state index contributed by atoms with van der Waals surface area (Å²) >= 11 is 0. The van der Waals surface area contributed by atoms with Gasteiger partial charge in [-0.1, -0.05) is 45.9 Å². The molecule has 10 heteroatoms. The molecule has 0 radical (unpaired) electrons. The van der Waals surface area contributed by atoms with Crippen molar-refractivity contribution in [3.63, 3.8) is 0 Å². The SMILES string of the molecule is C=C(C)NC=NC1=C(OC)C=C(C(C)N=C2NOCC(c3cc(F)c(F)c(F)c3)N2CCCC)C=CC1.CC. The molecule has 2 atom stereocenters. The zero-order chi connectivity index (χ0) is 28.9. The normalized spacial score (nSPS) is 19.2. The third-order valence-electron chi connectivity index (χ3n) is 5.95. The number of ether oxygens (including phenoxy) is 1. The Hall–Kier alpha value is -3.53. The maximum atomic E-state index is 14.0. The van der Waals surface area contributed by atoms with Crippen LogP contribution in [0.5, 0.6) is 0 Å². The van der Waals surface area contributed by atoms with E-state index in [2.05, 4.69) is 22.4 Å². The van der Waals surface area contributed by atoms with E-state index in [4.69, 9.17) is 14.6 Å². The molecule has 0 aromatic heterocycles. The Bertz CT molecular complexity index is 1120. The van der Waals surface area contributed by atoms with Gasteiger partial charge in [-0.3, -0.25) is 4.84 Å². The summed E-state index contributed by atoms with van der Waals surface area (Å²) in [4.78, 5) is 16.7. The standard InChI is InChI=1S/C27H34F3N5O2.C2H6/c1-6-7-11-35-24(20-12-21(28)26(30)22(29)13-20)15-37-34-27(35)33-18(4)19-9-8-10-23(25(14-19)36-5)32-16-31-17(2)3;1-2/h8-9,12-14,16,18,24H,2,6-7,10-11,15H2,1,3-5H3,(H,31,32)(H,33,34);1-2H3. The number of nitrogens with zero attached hydrogens (tertiary/aromatic N) is 3. The van der Waals surface area contributed by atoms with Crippen molar-refractivity contribution in [3.8, 4) is 0 Å². The summed E-state index contributed by atoms with van der Waals surface area (Å²) in [6.45, 7) is 14.3. The van der Waals surface area contributed by atoms with Gasteiger partial charge in [0.25, 0.3) is 0 Å². The number of nitrogens with one attached hydrogen (secondary N) is 2. The molecular weight excluding hydrogens is 507 g/mol. The second kappa shape index (κ2) is 15.8. The number of benzene rings is 1. The van der Waals surface area contributed by atoms with Crippen molar-refractivity contribution < 1.29 is 22.7 Å². The summed E-state index contributed by atoms with van der Waals surface area (Å²) in [6, 6.07) is 1.15. The Morgan fingerprint density at radius 1 is 1.31 bits per heavy atom. The first-order valence-corrected chi connectivity index (χ1v) is 13.2. The van der Waals surface area contributed by atoms with Gasteiger partial charge in [0.05, 0.1) is 37.8 Å². The molecule has 39 heavy (non-hydrogen) atoms. The average molecular weight is 548 g/mol. The quantitative estimate of drug-likeness (QED) is 0.200. The summed E-state index contributed by atoms with van der Waals surface area (Å²) in [5.41, 5.74) is 5.52. The van der Waals surface area contributed by atoms with E-state index < -0.39 is 23.5 Å². The highest BCUT2D eigenvalue weighted by Gasteiger charge is 2.30. The molecule has 0 bridgehead atoms. The number of aliphatic imine (C=N–C) groups is 2. The molecule has 0 saturated carbocycles. The predicted molar refractivity (Wildman–Crippen MR) is 150 cm³/mol. The summed E-state index contributed by atoms with van der Waals surface area (Å²) in [5, 5.41) is 2.96. The molecule has 1 aromatic carbocycles. The average Bonchev–Trinajstić information content (AvgIpc) is 3.13. The van der Waals surface area contributed by atoms with E-state index in [-0.39, 0.29) is 18.2 Å². The molecule has 1 saturated heterocycles. The number of unbranched alkanes of at least 4 members (excludes halogenated alkanes) is 1. The van der Waals surface area contributed by atoms with Gasteiger partial charge in [0.1, 0.15) is 5.76 Å². The Kier molecular flexibility index (Phi) is 12.8. The van der Waals surface area contributed by atoms with Gasteiger partial charge in [0.15, 0.2) is 17.5 Å². The van der Waals surface area contributed by atoms with E-state index in [1.54, 1.807) is 13.4 Å². The second-order valence-electron chi connectivity index (χ2n) is 8.85. The van der Waals surface area contributed by atoms with Crippen LogP contribution in [-0.4, -0.2) is 43.5 Å². The number of hydroxylamine groups is 1. The fraction of sp³-hybridized carbons (Fsp3) is 0.448. The van der Waals surface area contributed by atoms with Crippen molar-refractivity contribution in [1.82, 2.24) is 15.7 Å². The van der Waals surface area contributed by atoms with Crippen LogP contribution in [0.25, 0.3) is 0 Å². The highest BCUT2D eigenvalue weighted by Crippen LogP contribution is 2.28. The van der Waals surface area contributed by atoms with Gasteiger partial charge < -0.3 is 15.0 Å². The van der Waals surface area contributed by atoms with E-state index in [9.17, 15) is 13.2 Å². The van der Waals surface area contributed by atoms with Gasteiger partial charge in [-0.15, -0.1) is 0 Å². The number of rotatable bonds is 10. The Morgan fingerprint density at radius 3 is 2.62 bits per heavy atom. The molecule has 1 heterocycles. The van der Waals surface area contributed by atoms with Crippen LogP contribution < -0.4 is 10.8 Å². The van der Waals surface area contributed by atoms with Gasteiger partial charge in [-0.05, 0) is 49.6 Å². The molecule has 2 N–H and O–H groups in total. The molecule has 0 spiro atoms. The second-order valence-corrected chi connectivity index (χ2v) is 8.85. The lowest BCUT2D eigenvalue weighted by Crippen LogP contribution is -2.51. The minimum atomic E-state index is -1.49. The Balaban J connectivity index is 0.00000260. The zero-order valence-corrected chi connectivity index (χ0v) is 23.7. The summed E-state index contributed by atoms with van der Waals surface area (Å²) < 4.78 is 47.2. The minimum Gasteiger partial charge on any atom is -0.495 e. The largest absolute Gasteiger partial charge is 0.495 e. The molecule has 1 aliphatic heterocycles. The molecule has 1 aliphatic carbocycles. The van der Waals surface area contributed by atoms with E-state index >= 15 is 0 Å². The number of allylic oxidation sites excluding steroid dienone is 3. The van der Waals surface area contributed by atoms with E-state index in [0.717, 1.165) is 41.9 Å². The molecule has 1 aromatic rings. The van der Waals surface area contributed by atoms with Crippen molar-refractivity contribution in [2.45, 2.75) is 66.0 Å². The highest BCUT2D eigenvalue weighted by molar-refractivity contribution is 5.80. The van der Waals surface area contributed by atoms with Gasteiger partial charge in [-0.2, -0.15) is 0 Å². The molecule has 7 nitrogen and oxygen atoms in total. The third-order valence-corrected chi connectivity index (χ3v) is 5.95. The van der Waals surface area contributed by atoms with Gasteiger partial charge in [0.2, 0.25) is 5.96 Å². The van der Waals surface area contributed by atoms with Crippen LogP contribution in [-0.2, 0) is 9.57 Å². The fourth-order valence-corrected chi connectivity index (χ4v) is 3.94. The molecule has 3 rings (SSSR count). The van der Waals surface area contributed by atoms with Crippen LogP contribution in [0.4, 0.5) is 13.2 Å². The summed E-state index contributed by atoms with van der Waals surface area (Å²) in [6.07, 6.45) is 9.68. The van der Waals surface area contributed by atoms with Gasteiger partial charge in [-0.25, -0.2) is 28.6 Å². The van der Waals surface area contributed by atoms with Crippen molar-refractivity contribution in [1.29, 1.82) is 0 Å². The summed E-state index contributed by atoms with van der Waals surface area (Å²) in [5.74, 6) is -2.93. The van der Waals surface area contributed by atoms with E-state index in [1.165, 1.54) is 0 Å². The first kappa shape index (κ1) is 31.7. The number of guanidine groups is 1. The van der Waals surface area contributed by atoms with Crippen molar-refractivity contribution in [2.24, 2.45) is 9.98 Å². The maximum Gasteiger partial charge on any atom is 0.219 e. The van der Waals surface area contributed by atoms with Crippen molar-refractivity contribution in [3.05, 3.63) is 82.7 Å². The molecule has 214 valence electrons. The van der Waals surface area contributed by atoms with E-state index in [0.29, 0.717) is 24.7 Å². The summed E-state index contributed by atoms with van der Waals surface area (Å²) in [7, 11) is 1.58. The number of halogens is 3. The third kappa shape index (κ3) is 8.74. The zero-order valence-electron chi connectivity index (χ0n) is 23.7. The van der Waals surface area contributed by atoms with Crippen LogP contribution in [0.1, 0.15) is 65.5 Å². The topological polar surface area (TPSA) is 70.5 Å². The number of methoxy groups -OCH3 is 1. The number of hydrogen-bond acceptors (Lipinski definition) is 4. The number of hydrogen-bond donors (Lipinski definition) is 2. The predicted octanol–water partition coefficient (Wildman–Crippen LogP) is 6.45. The lowest BCUT2D eigenvalue weighted by molar-refractivity contribution is 0.00145. The Labute approximate surface area is 229 Å². The highest BCUT2D eigenvalue weighted by atomic mass is 19.2. The van der Waals surface area contributed by atoms with Crippen LogP contribution in [0.15, 0.2) is 69.7 Å². The molecule has 2 aliphatic rings. The van der Waals surface area contributed by atoms with Crippen molar-refractivity contribution in [2.75, 3.05) is 20.3 Å². The van der Waals surface area contributed by atoms with E-state index in [1.807, 2.05) is 57.7 Å². The van der Waals surface area contributed by atoms with Crippen LogP contribution in [0.3, 0.4) is 0 Å². The first-order valence-electron chi connectivity index (χ1n) is 13.2. The fourth-order valence-electron chi connectivity index (χ4n) is 3.94. The monoisotopic (exact) mass is 547 g/mol. The van der Waals surface area contributed by atoms with Crippen LogP contribution in [0.2, 0.25) is 0 Å². The molecule has 0 amide bonds. The lowest BCUT2D eigenvalue weighted by Gasteiger charge is -2.39. The molecular formula is C29H40F3N5O2. The van der Waals surface area contributed by atoms with Gasteiger partial charge in [0, 0.05) is 18.7 Å². The van der Waals surface area contributed by atoms with Crippen molar-refractivity contribution >= 4 is 12.3 Å². The lowest BCUT2D eigenvalue weighted by atomic mass is 10.0.